The van der Waals surface area contributed by atoms with Gasteiger partial charge in [-0.2, -0.15) is 0 Å². The van der Waals surface area contributed by atoms with Crippen LogP contribution in [0, 0.1) is 5.92 Å². The zero-order chi connectivity index (χ0) is 34.8. The van der Waals surface area contributed by atoms with Gasteiger partial charge in [0, 0.05) is 40.8 Å². The normalized spacial score (nSPS) is 18.5. The topological polar surface area (TPSA) is 120 Å². The maximum atomic E-state index is 14.4. The zero-order valence-corrected chi connectivity index (χ0v) is 27.5. The molecule has 0 aliphatic carbocycles. The van der Waals surface area contributed by atoms with E-state index in [2.05, 4.69) is 6.58 Å². The number of carbonyl (C=O) groups excluding carboxylic acids is 3. The minimum Gasteiger partial charge on any atom is -0.489 e. The molecular formula is C40H31NO8S. The van der Waals surface area contributed by atoms with Crippen molar-refractivity contribution in [2.45, 2.75) is 24.3 Å². The molecule has 10 heteroatoms. The van der Waals surface area contributed by atoms with Gasteiger partial charge in [-0.1, -0.05) is 97.6 Å². The standard InChI is InChI=1S/C40H31NO8S/c1-25-33(24-47-31-19-17-27-18-20-35(43)48-34(27)23-31)36(40(45)49-37(28-13-7-3-8-14-28)29-15-9-4-10-16-29)41-38(44)32(39(41)50(25)46)22-30(42)21-26-11-5-2-6-12-26/h2-20,23,32,37,39H,1,21-22,24H2/t32-,39-,50?/m1/s1. The number of fused-ring (bicyclic) bond motifs is 2. The van der Waals surface area contributed by atoms with Crippen molar-refractivity contribution in [3.05, 3.63) is 171 Å². The van der Waals surface area contributed by atoms with Crippen molar-refractivity contribution in [3.8, 4) is 5.75 Å². The third-order valence-electron chi connectivity index (χ3n) is 8.77. The average Bonchev–Trinajstić information content (AvgIpc) is 3.14. The predicted octanol–water partition coefficient (Wildman–Crippen LogP) is 6.02. The number of benzene rings is 4. The van der Waals surface area contributed by atoms with E-state index in [4.69, 9.17) is 13.9 Å². The first-order valence-electron chi connectivity index (χ1n) is 16.0. The summed E-state index contributed by atoms with van der Waals surface area (Å²) in [5.41, 5.74) is 1.98. The summed E-state index contributed by atoms with van der Waals surface area (Å²) in [6, 6.07) is 35.4. The van der Waals surface area contributed by atoms with Crippen molar-refractivity contribution in [2.75, 3.05) is 6.61 Å². The van der Waals surface area contributed by atoms with Gasteiger partial charge in [0.15, 0.2) is 6.10 Å². The lowest BCUT2D eigenvalue weighted by Crippen LogP contribution is -2.65. The second-order valence-corrected chi connectivity index (χ2v) is 13.6. The zero-order valence-electron chi connectivity index (χ0n) is 26.7. The van der Waals surface area contributed by atoms with E-state index in [1.807, 2.05) is 91.0 Å². The summed E-state index contributed by atoms with van der Waals surface area (Å²) in [4.78, 5) is 54.4. The second-order valence-electron chi connectivity index (χ2n) is 12.0. The molecule has 1 amide bonds. The Bertz CT molecular complexity index is 2190. The maximum Gasteiger partial charge on any atom is 0.356 e. The number of ketones is 1. The van der Waals surface area contributed by atoms with E-state index in [9.17, 15) is 23.4 Å². The molecule has 0 bridgehead atoms. The van der Waals surface area contributed by atoms with Crippen molar-refractivity contribution in [1.29, 1.82) is 0 Å². The average molecular weight is 686 g/mol. The first-order valence-corrected chi connectivity index (χ1v) is 17.2. The third kappa shape index (κ3) is 6.45. The predicted molar refractivity (Wildman–Crippen MR) is 187 cm³/mol. The summed E-state index contributed by atoms with van der Waals surface area (Å²) < 4.78 is 31.5. The number of rotatable bonds is 11. The van der Waals surface area contributed by atoms with Crippen molar-refractivity contribution < 1.29 is 32.5 Å². The number of nitrogens with zero attached hydrogens (tertiary/aromatic N) is 1. The van der Waals surface area contributed by atoms with Crippen molar-refractivity contribution in [2.24, 2.45) is 5.92 Å². The van der Waals surface area contributed by atoms with E-state index in [0.717, 1.165) is 5.56 Å². The van der Waals surface area contributed by atoms with Crippen LogP contribution >= 0.6 is 0 Å². The fourth-order valence-electron chi connectivity index (χ4n) is 6.28. The Morgan fingerprint density at radius 2 is 1.46 bits per heavy atom. The molecule has 2 aliphatic heterocycles. The quantitative estimate of drug-likeness (QED) is 0.0941. The van der Waals surface area contributed by atoms with Gasteiger partial charge >= 0.3 is 11.6 Å². The van der Waals surface area contributed by atoms with Crippen LogP contribution in [0.2, 0.25) is 0 Å². The Hall–Kier alpha value is -5.87. The first-order chi connectivity index (χ1) is 24.3. The van der Waals surface area contributed by atoms with Crippen LogP contribution in [0.25, 0.3) is 11.0 Å². The van der Waals surface area contributed by atoms with Gasteiger partial charge in [-0.05, 0) is 34.9 Å². The number of hydrogen-bond acceptors (Lipinski definition) is 8. The molecule has 4 aromatic carbocycles. The van der Waals surface area contributed by atoms with E-state index < -0.39 is 45.7 Å². The van der Waals surface area contributed by atoms with Crippen LogP contribution < -0.4 is 10.4 Å². The molecule has 3 heterocycles. The SMILES string of the molecule is C=C1C(COc2ccc3ccc(=O)oc3c2)=C(C(=O)OC(c2ccccc2)c2ccccc2)N2C(=O)[C@@H](CC(=O)Cc3ccccc3)[C@H]2S1=O. The highest BCUT2D eigenvalue weighted by Gasteiger charge is 2.58. The Labute approximate surface area is 289 Å². The number of amides is 1. The minimum atomic E-state index is -1.87. The van der Waals surface area contributed by atoms with E-state index in [0.29, 0.717) is 27.8 Å². The molecule has 5 aromatic rings. The Morgan fingerprint density at radius 3 is 2.12 bits per heavy atom. The van der Waals surface area contributed by atoms with Gasteiger partial charge in [0.05, 0.1) is 16.7 Å². The fraction of sp³-hybridized carbons (Fsp3) is 0.150. The summed E-state index contributed by atoms with van der Waals surface area (Å²) in [6.07, 6.45) is -0.848. The third-order valence-corrected chi connectivity index (χ3v) is 10.5. The van der Waals surface area contributed by atoms with Gasteiger partial charge in [0.2, 0.25) is 5.91 Å². The van der Waals surface area contributed by atoms with Crippen LogP contribution in [0.15, 0.2) is 153 Å². The van der Waals surface area contributed by atoms with Gasteiger partial charge < -0.3 is 13.9 Å². The highest BCUT2D eigenvalue weighted by molar-refractivity contribution is 7.90. The summed E-state index contributed by atoms with van der Waals surface area (Å²) in [6.45, 7) is 3.78. The number of β-lactam (4-membered cyclic amide) rings is 1. The molecule has 1 aromatic heterocycles. The molecule has 250 valence electrons. The molecule has 1 unspecified atom stereocenters. The van der Waals surface area contributed by atoms with Gasteiger partial charge in [-0.25, -0.2) is 9.59 Å². The maximum absolute atomic E-state index is 14.4. The fourth-order valence-corrected chi connectivity index (χ4v) is 7.89. The minimum absolute atomic E-state index is 0.0921. The molecule has 0 radical (unpaired) electrons. The highest BCUT2D eigenvalue weighted by atomic mass is 32.2. The van der Waals surface area contributed by atoms with E-state index >= 15 is 0 Å². The monoisotopic (exact) mass is 685 g/mol. The lowest BCUT2D eigenvalue weighted by Gasteiger charge is -2.49. The molecule has 2 aliphatic rings. The second kappa shape index (κ2) is 13.9. The summed E-state index contributed by atoms with van der Waals surface area (Å²) in [5, 5.41) is -0.304. The van der Waals surface area contributed by atoms with E-state index in [1.54, 1.807) is 18.2 Å². The van der Waals surface area contributed by atoms with Gasteiger partial charge in [0.1, 0.15) is 34.8 Å². The van der Waals surface area contributed by atoms with Gasteiger partial charge in [0.25, 0.3) is 0 Å². The lowest BCUT2D eigenvalue weighted by molar-refractivity contribution is -0.157. The molecule has 3 atom stereocenters. The molecule has 50 heavy (non-hydrogen) atoms. The molecule has 0 N–H and O–H groups in total. The number of ether oxygens (including phenoxy) is 2. The number of hydrogen-bond donors (Lipinski definition) is 0. The highest BCUT2D eigenvalue weighted by Crippen LogP contribution is 2.45. The molecule has 7 rings (SSSR count). The number of carbonyl (C=O) groups is 3. The van der Waals surface area contributed by atoms with Gasteiger partial charge in [-0.3, -0.25) is 18.7 Å². The van der Waals surface area contributed by atoms with Crippen LogP contribution in [0.1, 0.15) is 29.2 Å². The van der Waals surface area contributed by atoms with Crippen LogP contribution in [0.4, 0.5) is 0 Å². The van der Waals surface area contributed by atoms with Crippen LogP contribution in [0.5, 0.6) is 5.75 Å². The Kier molecular flexibility index (Phi) is 9.10. The summed E-state index contributed by atoms with van der Waals surface area (Å²) in [5.74, 6) is -2.13. The lowest BCUT2D eigenvalue weighted by atomic mass is 9.89. The summed E-state index contributed by atoms with van der Waals surface area (Å²) in [7, 11) is -1.87. The molecule has 0 saturated carbocycles. The van der Waals surface area contributed by atoms with Crippen molar-refractivity contribution in [1.82, 2.24) is 4.90 Å². The summed E-state index contributed by atoms with van der Waals surface area (Å²) >= 11 is 0. The molecule has 9 nitrogen and oxygen atoms in total. The van der Waals surface area contributed by atoms with Crippen LogP contribution in [0.3, 0.4) is 0 Å². The Morgan fingerprint density at radius 1 is 0.840 bits per heavy atom. The van der Waals surface area contributed by atoms with E-state index in [1.165, 1.54) is 17.0 Å². The van der Waals surface area contributed by atoms with Crippen LogP contribution in [-0.2, 0) is 36.3 Å². The number of Topliss-reactive ketones (excluding diaryl/α,β-unsaturated/α-hetero) is 1. The first kappa shape index (κ1) is 32.7. The molecular weight excluding hydrogens is 655 g/mol. The number of esters is 1. The largest absolute Gasteiger partial charge is 0.489 e. The van der Waals surface area contributed by atoms with Crippen molar-refractivity contribution >= 4 is 39.4 Å². The van der Waals surface area contributed by atoms with Crippen LogP contribution in [-0.4, -0.2) is 38.7 Å². The molecule has 1 fully saturated rings. The Balaban J connectivity index is 1.23. The van der Waals surface area contributed by atoms with Crippen molar-refractivity contribution in [3.63, 3.8) is 0 Å². The smallest absolute Gasteiger partial charge is 0.356 e. The molecule has 0 spiro atoms. The van der Waals surface area contributed by atoms with Gasteiger partial charge in [-0.15, -0.1) is 0 Å². The molecule has 1 saturated heterocycles. The van der Waals surface area contributed by atoms with E-state index in [-0.39, 0.29) is 41.4 Å².